The van der Waals surface area contributed by atoms with E-state index in [1.807, 2.05) is 28.8 Å². The van der Waals surface area contributed by atoms with Crippen molar-refractivity contribution in [1.82, 2.24) is 14.3 Å². The van der Waals surface area contributed by atoms with Gasteiger partial charge in [0.2, 0.25) is 10.0 Å². The molecular weight excluding hydrogens is 383 g/mol. The van der Waals surface area contributed by atoms with Crippen LogP contribution in [-0.4, -0.2) is 30.9 Å². The number of benzene rings is 2. The molecule has 0 bridgehead atoms. The Hall–Kier alpha value is -2.59. The van der Waals surface area contributed by atoms with Crippen molar-refractivity contribution in [2.75, 3.05) is 6.54 Å². The van der Waals surface area contributed by atoms with Crippen LogP contribution in [0.15, 0.2) is 59.8 Å². The van der Waals surface area contributed by atoms with E-state index in [1.54, 1.807) is 6.33 Å². The molecule has 27 heavy (non-hydrogen) atoms. The van der Waals surface area contributed by atoms with E-state index in [2.05, 4.69) is 14.4 Å². The molecule has 3 rings (SSSR count). The lowest BCUT2D eigenvalue weighted by Gasteiger charge is -2.10. The number of rotatable bonds is 7. The zero-order valence-electron chi connectivity index (χ0n) is 14.0. The molecule has 0 aliphatic rings. The zero-order valence-corrected chi connectivity index (χ0v) is 14.8. The van der Waals surface area contributed by atoms with Crippen LogP contribution in [0, 0.1) is 0 Å². The summed E-state index contributed by atoms with van der Waals surface area (Å²) in [6, 6.07) is 11.6. The van der Waals surface area contributed by atoms with Gasteiger partial charge < -0.3 is 9.30 Å². The molecule has 0 aliphatic carbocycles. The second-order valence-corrected chi connectivity index (χ2v) is 7.46. The number of hydrogen-bond acceptors (Lipinski definition) is 4. The number of para-hydroxylation sites is 2. The van der Waals surface area contributed by atoms with Crippen LogP contribution >= 0.6 is 0 Å². The minimum absolute atomic E-state index is 0.134. The lowest BCUT2D eigenvalue weighted by molar-refractivity contribution is -0.274. The fourth-order valence-electron chi connectivity index (χ4n) is 2.55. The molecule has 144 valence electrons. The molecule has 6 nitrogen and oxygen atoms in total. The maximum Gasteiger partial charge on any atom is 0.573 e. The highest BCUT2D eigenvalue weighted by Gasteiger charge is 2.31. The number of ether oxygens (including phenoxy) is 1. The van der Waals surface area contributed by atoms with Gasteiger partial charge in [-0.3, -0.25) is 0 Å². The van der Waals surface area contributed by atoms with Crippen molar-refractivity contribution >= 4 is 21.1 Å². The molecule has 0 saturated heterocycles. The van der Waals surface area contributed by atoms with Crippen LogP contribution in [0.5, 0.6) is 5.75 Å². The summed E-state index contributed by atoms with van der Waals surface area (Å²) in [6.45, 7) is 0.747. The fourth-order valence-corrected chi connectivity index (χ4v) is 3.62. The van der Waals surface area contributed by atoms with Gasteiger partial charge in [0, 0.05) is 13.1 Å². The number of alkyl halides is 3. The van der Waals surface area contributed by atoms with Crippen LogP contribution in [-0.2, 0) is 16.6 Å². The average Bonchev–Trinajstić information content (AvgIpc) is 3.01. The van der Waals surface area contributed by atoms with Gasteiger partial charge in [0.1, 0.15) is 5.75 Å². The molecule has 2 aromatic carbocycles. The smallest absolute Gasteiger partial charge is 0.406 e. The number of nitrogens with zero attached hydrogens (tertiary/aromatic N) is 2. The Bertz CT molecular complexity index is 1020. The molecule has 0 aliphatic heterocycles. The molecule has 0 unspecified atom stereocenters. The number of imidazole rings is 1. The van der Waals surface area contributed by atoms with E-state index in [0.29, 0.717) is 13.0 Å². The summed E-state index contributed by atoms with van der Waals surface area (Å²) in [5.74, 6) is -0.478. The molecule has 10 heteroatoms. The summed E-state index contributed by atoms with van der Waals surface area (Å²) in [7, 11) is -3.82. The van der Waals surface area contributed by atoms with Gasteiger partial charge in [-0.05, 0) is 42.8 Å². The number of fused-ring (bicyclic) bond motifs is 1. The van der Waals surface area contributed by atoms with Gasteiger partial charge in [-0.2, -0.15) is 0 Å². The Morgan fingerprint density at radius 2 is 1.78 bits per heavy atom. The van der Waals surface area contributed by atoms with Crippen molar-refractivity contribution in [3.63, 3.8) is 0 Å². The number of sulfonamides is 1. The molecule has 0 atom stereocenters. The lowest BCUT2D eigenvalue weighted by Crippen LogP contribution is -2.25. The summed E-state index contributed by atoms with van der Waals surface area (Å²) in [5, 5.41) is 0. The summed E-state index contributed by atoms with van der Waals surface area (Å²) >= 11 is 0. The quantitative estimate of drug-likeness (QED) is 0.619. The van der Waals surface area contributed by atoms with Crippen molar-refractivity contribution in [3.05, 3.63) is 54.9 Å². The van der Waals surface area contributed by atoms with Crippen LogP contribution in [0.25, 0.3) is 11.0 Å². The standard InChI is InChI=1S/C17H16F3N3O3S/c18-17(19,20)26-13-6-8-14(9-7-13)27(24,25)22-10-3-11-23-12-21-15-4-1-2-5-16(15)23/h1-2,4-9,12,22H,3,10-11H2. The number of aryl methyl sites for hydroxylation is 1. The van der Waals surface area contributed by atoms with E-state index in [9.17, 15) is 21.6 Å². The van der Waals surface area contributed by atoms with Gasteiger partial charge >= 0.3 is 6.36 Å². The molecular formula is C17H16F3N3O3S. The lowest BCUT2D eigenvalue weighted by atomic mass is 10.3. The average molecular weight is 399 g/mol. The molecule has 0 radical (unpaired) electrons. The van der Waals surface area contributed by atoms with E-state index in [-0.39, 0.29) is 11.4 Å². The van der Waals surface area contributed by atoms with Gasteiger partial charge in [-0.1, -0.05) is 12.1 Å². The van der Waals surface area contributed by atoms with Gasteiger partial charge in [0.25, 0.3) is 0 Å². The van der Waals surface area contributed by atoms with E-state index in [0.717, 1.165) is 35.3 Å². The monoisotopic (exact) mass is 399 g/mol. The Morgan fingerprint density at radius 1 is 1.07 bits per heavy atom. The molecule has 0 saturated carbocycles. The predicted octanol–water partition coefficient (Wildman–Crippen LogP) is 3.30. The predicted molar refractivity (Wildman–Crippen MR) is 92.7 cm³/mol. The number of nitrogens with one attached hydrogen (secondary N) is 1. The van der Waals surface area contributed by atoms with Crippen LogP contribution in [0.2, 0.25) is 0 Å². The fraction of sp³-hybridized carbons (Fsp3) is 0.235. The van der Waals surface area contributed by atoms with Gasteiger partial charge in [-0.15, -0.1) is 13.2 Å². The molecule has 0 amide bonds. The highest BCUT2D eigenvalue weighted by Crippen LogP contribution is 2.23. The molecule has 0 fully saturated rings. The highest BCUT2D eigenvalue weighted by atomic mass is 32.2. The van der Waals surface area contributed by atoms with Crippen LogP contribution in [0.1, 0.15) is 6.42 Å². The maximum atomic E-state index is 12.2. The van der Waals surface area contributed by atoms with Crippen LogP contribution in [0.3, 0.4) is 0 Å². The van der Waals surface area contributed by atoms with Crippen molar-refractivity contribution in [2.24, 2.45) is 0 Å². The normalized spacial score (nSPS) is 12.4. The van der Waals surface area contributed by atoms with E-state index >= 15 is 0 Å². The van der Waals surface area contributed by atoms with E-state index in [4.69, 9.17) is 0 Å². The third kappa shape index (κ3) is 4.98. The van der Waals surface area contributed by atoms with Crippen molar-refractivity contribution in [2.45, 2.75) is 24.2 Å². The van der Waals surface area contributed by atoms with E-state index < -0.39 is 22.1 Å². The SMILES string of the molecule is O=S(=O)(NCCCn1cnc2ccccc21)c1ccc(OC(F)(F)F)cc1. The van der Waals surface area contributed by atoms with Crippen molar-refractivity contribution in [1.29, 1.82) is 0 Å². The van der Waals surface area contributed by atoms with Gasteiger partial charge in [-0.25, -0.2) is 18.1 Å². The third-order valence-corrected chi connectivity index (χ3v) is 5.24. The van der Waals surface area contributed by atoms with Crippen LogP contribution in [0.4, 0.5) is 13.2 Å². The minimum Gasteiger partial charge on any atom is -0.406 e. The Morgan fingerprint density at radius 3 is 2.48 bits per heavy atom. The molecule has 1 aromatic heterocycles. The van der Waals surface area contributed by atoms with Crippen molar-refractivity contribution < 1.29 is 26.3 Å². The number of aromatic nitrogens is 2. The third-order valence-electron chi connectivity index (χ3n) is 3.76. The highest BCUT2D eigenvalue weighted by molar-refractivity contribution is 7.89. The Balaban J connectivity index is 1.55. The number of hydrogen-bond donors (Lipinski definition) is 1. The molecule has 1 heterocycles. The topological polar surface area (TPSA) is 73.2 Å². The first-order valence-electron chi connectivity index (χ1n) is 8.00. The van der Waals surface area contributed by atoms with Crippen molar-refractivity contribution in [3.8, 4) is 5.75 Å². The largest absolute Gasteiger partial charge is 0.573 e. The first-order chi connectivity index (χ1) is 12.7. The van der Waals surface area contributed by atoms with Gasteiger partial charge in [0.15, 0.2) is 0 Å². The zero-order chi connectivity index (χ0) is 19.5. The molecule has 0 spiro atoms. The van der Waals surface area contributed by atoms with E-state index in [1.165, 1.54) is 0 Å². The Kier molecular flexibility index (Phi) is 5.38. The summed E-state index contributed by atoms with van der Waals surface area (Å²) in [5.41, 5.74) is 1.82. The first kappa shape index (κ1) is 19.2. The second-order valence-electron chi connectivity index (χ2n) is 5.70. The second kappa shape index (κ2) is 7.57. The molecule has 1 N–H and O–H groups in total. The van der Waals surface area contributed by atoms with Crippen LogP contribution < -0.4 is 9.46 Å². The van der Waals surface area contributed by atoms with Gasteiger partial charge in [0.05, 0.1) is 22.3 Å². The minimum atomic E-state index is -4.82. The Labute approximate surface area is 153 Å². The number of halogens is 3. The summed E-state index contributed by atoms with van der Waals surface area (Å²) < 4.78 is 68.9. The molecule has 3 aromatic rings. The maximum absolute atomic E-state index is 12.2. The first-order valence-corrected chi connectivity index (χ1v) is 9.48. The summed E-state index contributed by atoms with van der Waals surface area (Å²) in [6.07, 6.45) is -2.61. The summed E-state index contributed by atoms with van der Waals surface area (Å²) in [4.78, 5) is 4.13.